The average Bonchev–Trinajstić information content (AvgIpc) is 2.65. The minimum absolute atomic E-state index is 0.0541. The number of aromatic nitrogens is 1. The van der Waals surface area contributed by atoms with Gasteiger partial charge in [0.25, 0.3) is 0 Å². The molecule has 28 heavy (non-hydrogen) atoms. The number of piperidine rings is 1. The van der Waals surface area contributed by atoms with Gasteiger partial charge in [-0.1, -0.05) is 13.0 Å². The van der Waals surface area contributed by atoms with Gasteiger partial charge in [0.05, 0.1) is 25.4 Å². The van der Waals surface area contributed by atoms with Crippen LogP contribution in [0.3, 0.4) is 0 Å². The fourth-order valence-corrected chi connectivity index (χ4v) is 3.68. The molecular weight excluding hydrogens is 360 g/mol. The predicted octanol–water partition coefficient (Wildman–Crippen LogP) is 2.40. The summed E-state index contributed by atoms with van der Waals surface area (Å²) in [7, 11) is 0. The molecule has 2 rings (SSSR count). The van der Waals surface area contributed by atoms with Gasteiger partial charge in [0.15, 0.2) is 0 Å². The highest BCUT2D eigenvalue weighted by atomic mass is 16.5. The number of carbonyl (C=O) groups is 2. The molecule has 0 spiro atoms. The lowest BCUT2D eigenvalue weighted by Gasteiger charge is -2.39. The number of aliphatic carboxylic acids is 1. The Labute approximate surface area is 166 Å². The Bertz CT molecular complexity index is 649. The lowest BCUT2D eigenvalue weighted by atomic mass is 9.86. The van der Waals surface area contributed by atoms with E-state index in [1.165, 1.54) is 6.26 Å². The molecule has 0 aromatic carbocycles. The third-order valence-corrected chi connectivity index (χ3v) is 5.03. The van der Waals surface area contributed by atoms with E-state index in [2.05, 4.69) is 11.9 Å². The van der Waals surface area contributed by atoms with E-state index in [4.69, 9.17) is 9.84 Å². The number of aliphatic hydroxyl groups excluding tert-OH is 1. The second-order valence-electron chi connectivity index (χ2n) is 7.32. The van der Waals surface area contributed by atoms with Crippen LogP contribution in [0.15, 0.2) is 36.9 Å². The molecule has 1 aromatic rings. The van der Waals surface area contributed by atoms with Gasteiger partial charge in [0.2, 0.25) is 5.91 Å². The molecule has 1 saturated heterocycles. The molecule has 1 amide bonds. The zero-order valence-corrected chi connectivity index (χ0v) is 16.4. The number of pyridine rings is 1. The van der Waals surface area contributed by atoms with Gasteiger partial charge in [-0.3, -0.25) is 14.6 Å². The SMILES string of the molecule is C[C@@H](CC(O)Cc1cccnc1)[C@H]1CCCC(=O)N1C/C=C\OCCC(=O)O. The van der Waals surface area contributed by atoms with Gasteiger partial charge in [-0.25, -0.2) is 0 Å². The van der Waals surface area contributed by atoms with E-state index in [0.717, 1.165) is 18.4 Å². The van der Waals surface area contributed by atoms with Gasteiger partial charge in [0.1, 0.15) is 0 Å². The lowest BCUT2D eigenvalue weighted by molar-refractivity contribution is -0.138. The van der Waals surface area contributed by atoms with Crippen molar-refractivity contribution in [1.29, 1.82) is 0 Å². The first-order valence-corrected chi connectivity index (χ1v) is 9.82. The van der Waals surface area contributed by atoms with Crippen molar-refractivity contribution in [2.24, 2.45) is 5.92 Å². The number of aliphatic hydroxyl groups is 1. The standard InChI is InChI=1S/C21H30N2O5/c1-16(13-18(24)14-17-5-3-9-22-15-17)19-6-2-7-20(25)23(19)10-4-11-28-12-8-21(26)27/h3-5,9,11,15-16,18-19,24H,2,6-8,10,12-14H2,1H3,(H,26,27)/b11-4-/t16-,18?,19+/m0/s1. The highest BCUT2D eigenvalue weighted by Crippen LogP contribution is 2.27. The number of hydrogen-bond acceptors (Lipinski definition) is 5. The van der Waals surface area contributed by atoms with Crippen molar-refractivity contribution >= 4 is 11.9 Å². The highest BCUT2D eigenvalue weighted by Gasteiger charge is 2.32. The van der Waals surface area contributed by atoms with Gasteiger partial charge in [-0.05, 0) is 49.3 Å². The van der Waals surface area contributed by atoms with Gasteiger partial charge >= 0.3 is 5.97 Å². The number of carboxylic acids is 1. The molecular formula is C21H30N2O5. The van der Waals surface area contributed by atoms with Crippen LogP contribution < -0.4 is 0 Å². The Morgan fingerprint density at radius 3 is 3.04 bits per heavy atom. The van der Waals surface area contributed by atoms with Crippen LogP contribution in [0.2, 0.25) is 0 Å². The van der Waals surface area contributed by atoms with Crippen LogP contribution in [0.5, 0.6) is 0 Å². The van der Waals surface area contributed by atoms with Crippen LogP contribution in [0.4, 0.5) is 0 Å². The molecule has 1 aromatic heterocycles. The topological polar surface area (TPSA) is 100.0 Å². The molecule has 2 N–H and O–H groups in total. The molecule has 0 radical (unpaired) electrons. The van der Waals surface area contributed by atoms with Crippen molar-refractivity contribution in [3.8, 4) is 0 Å². The lowest BCUT2D eigenvalue weighted by Crippen LogP contribution is -2.47. The number of rotatable bonds is 11. The number of hydrogen-bond donors (Lipinski definition) is 2. The van der Waals surface area contributed by atoms with E-state index in [-0.39, 0.29) is 30.9 Å². The maximum atomic E-state index is 12.4. The second kappa shape index (κ2) is 11.4. The number of ether oxygens (including phenoxy) is 1. The monoisotopic (exact) mass is 390 g/mol. The average molecular weight is 390 g/mol. The predicted molar refractivity (Wildman–Crippen MR) is 104 cm³/mol. The fraction of sp³-hybridized carbons (Fsp3) is 0.571. The molecule has 2 heterocycles. The van der Waals surface area contributed by atoms with E-state index in [9.17, 15) is 14.7 Å². The van der Waals surface area contributed by atoms with Crippen molar-refractivity contribution in [3.05, 3.63) is 42.4 Å². The van der Waals surface area contributed by atoms with E-state index < -0.39 is 12.1 Å². The largest absolute Gasteiger partial charge is 0.501 e. The number of amides is 1. The van der Waals surface area contributed by atoms with E-state index >= 15 is 0 Å². The molecule has 0 bridgehead atoms. The van der Waals surface area contributed by atoms with E-state index in [1.54, 1.807) is 18.5 Å². The van der Waals surface area contributed by atoms with Crippen molar-refractivity contribution in [2.75, 3.05) is 13.2 Å². The van der Waals surface area contributed by atoms with E-state index in [1.807, 2.05) is 17.0 Å². The zero-order chi connectivity index (χ0) is 20.4. The molecule has 1 aliphatic heterocycles. The van der Waals surface area contributed by atoms with Crippen LogP contribution in [0.1, 0.15) is 44.6 Å². The number of likely N-dealkylation sites (tertiary alicyclic amines) is 1. The number of carbonyl (C=O) groups excluding carboxylic acids is 1. The van der Waals surface area contributed by atoms with Crippen LogP contribution in [0.25, 0.3) is 0 Å². The molecule has 1 unspecified atom stereocenters. The van der Waals surface area contributed by atoms with Crippen LogP contribution in [0, 0.1) is 5.92 Å². The Morgan fingerprint density at radius 2 is 2.32 bits per heavy atom. The van der Waals surface area contributed by atoms with Crippen molar-refractivity contribution in [2.45, 2.75) is 57.6 Å². The Balaban J connectivity index is 1.86. The summed E-state index contributed by atoms with van der Waals surface area (Å²) >= 11 is 0. The fourth-order valence-electron chi connectivity index (χ4n) is 3.68. The first-order valence-electron chi connectivity index (χ1n) is 9.82. The molecule has 1 fully saturated rings. The third-order valence-electron chi connectivity index (χ3n) is 5.03. The number of nitrogens with zero attached hydrogens (tertiary/aromatic N) is 2. The summed E-state index contributed by atoms with van der Waals surface area (Å²) in [6.07, 6.45) is 9.63. The van der Waals surface area contributed by atoms with Crippen molar-refractivity contribution in [1.82, 2.24) is 9.88 Å². The summed E-state index contributed by atoms with van der Waals surface area (Å²) in [4.78, 5) is 28.8. The van der Waals surface area contributed by atoms with Gasteiger partial charge in [-0.2, -0.15) is 0 Å². The minimum Gasteiger partial charge on any atom is -0.501 e. The maximum Gasteiger partial charge on any atom is 0.306 e. The molecule has 7 heteroatoms. The summed E-state index contributed by atoms with van der Waals surface area (Å²) in [6.45, 7) is 2.62. The summed E-state index contributed by atoms with van der Waals surface area (Å²) in [5.41, 5.74) is 1.00. The molecule has 0 saturated carbocycles. The Hall–Kier alpha value is -2.41. The molecule has 0 aliphatic carbocycles. The zero-order valence-electron chi connectivity index (χ0n) is 16.4. The summed E-state index contributed by atoms with van der Waals surface area (Å²) in [5.74, 6) is -0.629. The number of carboxylic acid groups (broad SMARTS) is 1. The molecule has 7 nitrogen and oxygen atoms in total. The van der Waals surface area contributed by atoms with Crippen molar-refractivity contribution in [3.63, 3.8) is 0 Å². The second-order valence-corrected chi connectivity index (χ2v) is 7.32. The van der Waals surface area contributed by atoms with Crippen LogP contribution >= 0.6 is 0 Å². The highest BCUT2D eigenvalue weighted by molar-refractivity contribution is 5.77. The molecule has 3 atom stereocenters. The van der Waals surface area contributed by atoms with Crippen LogP contribution in [-0.4, -0.2) is 57.3 Å². The normalized spacial score (nSPS) is 19.6. The molecule has 1 aliphatic rings. The maximum absolute atomic E-state index is 12.4. The van der Waals surface area contributed by atoms with Crippen molar-refractivity contribution < 1.29 is 24.5 Å². The Kier molecular flexibility index (Phi) is 8.94. The summed E-state index contributed by atoms with van der Waals surface area (Å²) < 4.78 is 5.15. The summed E-state index contributed by atoms with van der Waals surface area (Å²) in [5, 5.41) is 19.0. The van der Waals surface area contributed by atoms with E-state index in [0.29, 0.717) is 25.8 Å². The summed E-state index contributed by atoms with van der Waals surface area (Å²) in [6, 6.07) is 3.89. The third kappa shape index (κ3) is 7.31. The van der Waals surface area contributed by atoms with Crippen LogP contribution in [-0.2, 0) is 20.7 Å². The smallest absolute Gasteiger partial charge is 0.306 e. The van der Waals surface area contributed by atoms with Gasteiger partial charge in [-0.15, -0.1) is 0 Å². The first kappa shape index (κ1) is 21.9. The van der Waals surface area contributed by atoms with Gasteiger partial charge < -0.3 is 19.8 Å². The quantitative estimate of drug-likeness (QED) is 0.445. The minimum atomic E-state index is -0.904. The molecule has 154 valence electrons. The Morgan fingerprint density at radius 1 is 1.50 bits per heavy atom. The first-order chi connectivity index (χ1) is 13.5. The van der Waals surface area contributed by atoms with Gasteiger partial charge in [0, 0.05) is 31.4 Å².